The van der Waals surface area contributed by atoms with Gasteiger partial charge in [-0.1, -0.05) is 0 Å². The maximum Gasteiger partial charge on any atom is 0.103 e. The Morgan fingerprint density at radius 1 is 2.14 bits per heavy atom. The minimum Gasteiger partial charge on any atom is -0.262 e. The smallest absolute Gasteiger partial charge is 0.103 e. The fraction of sp³-hybridized carbons (Fsp3) is 0.250. The number of aromatic nitrogens is 2. The lowest BCUT2D eigenvalue weighted by atomic mass is 10.8. The average Bonchev–Trinajstić information content (AvgIpc) is 2.11. The number of rotatable bonds is 0. The van der Waals surface area contributed by atoms with Gasteiger partial charge in [-0.3, -0.25) is 4.68 Å². The standard InChI is InChI=1S/C4H5BrN2/c1-7-4(5)2-3-6-7/h2-3H,1H3/i1D3. The fourth-order valence-corrected chi connectivity index (χ4v) is 0.497. The maximum absolute atomic E-state index is 6.93. The predicted octanol–water partition coefficient (Wildman–Crippen LogP) is 1.18. The third-order valence-electron chi connectivity index (χ3n) is 0.597. The van der Waals surface area contributed by atoms with E-state index in [2.05, 4.69) is 21.0 Å². The van der Waals surface area contributed by atoms with Gasteiger partial charge in [-0.15, -0.1) is 0 Å². The molecule has 0 saturated heterocycles. The second-order valence-corrected chi connectivity index (χ2v) is 1.88. The van der Waals surface area contributed by atoms with E-state index in [0.717, 1.165) is 4.68 Å². The van der Waals surface area contributed by atoms with E-state index in [9.17, 15) is 0 Å². The fourth-order valence-electron chi connectivity index (χ4n) is 0.287. The summed E-state index contributed by atoms with van der Waals surface area (Å²) in [5.74, 6) is 0. The summed E-state index contributed by atoms with van der Waals surface area (Å²) < 4.78 is 22.2. The second kappa shape index (κ2) is 1.66. The first-order chi connectivity index (χ1) is 4.52. The topological polar surface area (TPSA) is 17.8 Å². The van der Waals surface area contributed by atoms with E-state index in [1.165, 1.54) is 6.20 Å². The summed E-state index contributed by atoms with van der Waals surface area (Å²) in [5, 5.41) is 3.59. The first kappa shape index (κ1) is 2.31. The molecule has 0 spiro atoms. The largest absolute Gasteiger partial charge is 0.262 e. The van der Waals surface area contributed by atoms with Gasteiger partial charge in [0.25, 0.3) is 0 Å². The van der Waals surface area contributed by atoms with Crippen molar-refractivity contribution < 1.29 is 4.11 Å². The van der Waals surface area contributed by atoms with Gasteiger partial charge >= 0.3 is 0 Å². The molecule has 0 fully saturated rings. The van der Waals surface area contributed by atoms with Crippen molar-refractivity contribution in [1.82, 2.24) is 9.78 Å². The van der Waals surface area contributed by atoms with Crippen molar-refractivity contribution in [3.63, 3.8) is 0 Å². The molecule has 7 heavy (non-hydrogen) atoms. The zero-order valence-electron chi connectivity index (χ0n) is 6.43. The van der Waals surface area contributed by atoms with Crippen LogP contribution in [0.1, 0.15) is 4.11 Å². The van der Waals surface area contributed by atoms with E-state index >= 15 is 0 Å². The first-order valence-corrected chi connectivity index (χ1v) is 2.51. The van der Waals surface area contributed by atoms with Crippen LogP contribution in [0.4, 0.5) is 0 Å². The van der Waals surface area contributed by atoms with Gasteiger partial charge in [0, 0.05) is 11.1 Å². The highest BCUT2D eigenvalue weighted by Gasteiger charge is 1.86. The molecule has 0 bridgehead atoms. The Morgan fingerprint density at radius 3 is 3.29 bits per heavy atom. The molecule has 0 atom stereocenters. The molecule has 2 nitrogen and oxygen atoms in total. The molecule has 1 heterocycles. The molecule has 0 radical (unpaired) electrons. The number of halogens is 1. The molecule has 0 aliphatic rings. The van der Waals surface area contributed by atoms with Crippen molar-refractivity contribution in [2.75, 3.05) is 0 Å². The van der Waals surface area contributed by atoms with Crippen LogP contribution in [0, 0.1) is 0 Å². The SMILES string of the molecule is [2H]C([2H])([2H])n1nccc1Br. The zero-order chi connectivity index (χ0) is 7.78. The Hall–Kier alpha value is -0.310. The van der Waals surface area contributed by atoms with Crippen LogP contribution in [0.2, 0.25) is 0 Å². The quantitative estimate of drug-likeness (QED) is 0.562. The summed E-state index contributed by atoms with van der Waals surface area (Å²) in [6, 6.07) is 1.58. The molecule has 3 heteroatoms. The van der Waals surface area contributed by atoms with E-state index < -0.39 is 6.98 Å². The highest BCUT2D eigenvalue weighted by Crippen LogP contribution is 2.03. The van der Waals surface area contributed by atoms with Gasteiger partial charge in [0.05, 0.1) is 6.20 Å². The summed E-state index contributed by atoms with van der Waals surface area (Å²) in [6.07, 6.45) is 1.43. The molecule has 0 N–H and O–H groups in total. The minimum absolute atomic E-state index is 0.465. The van der Waals surface area contributed by atoms with Crippen LogP contribution in [0.3, 0.4) is 0 Å². The van der Waals surface area contributed by atoms with E-state index in [4.69, 9.17) is 4.11 Å². The van der Waals surface area contributed by atoms with Crippen molar-refractivity contribution in [2.45, 2.75) is 0 Å². The van der Waals surface area contributed by atoms with Crippen molar-refractivity contribution in [3.8, 4) is 0 Å². The Kier molecular flexibility index (Phi) is 0.546. The van der Waals surface area contributed by atoms with E-state index in [0.29, 0.717) is 4.60 Å². The molecule has 1 aromatic heterocycles. The predicted molar refractivity (Wildman–Crippen MR) is 30.9 cm³/mol. The Bertz CT molecular complexity index is 229. The van der Waals surface area contributed by atoms with Crippen LogP contribution in [-0.4, -0.2) is 9.78 Å². The van der Waals surface area contributed by atoms with Crippen LogP contribution in [-0.2, 0) is 6.98 Å². The summed E-state index contributed by atoms with van der Waals surface area (Å²) in [5.41, 5.74) is 0. The van der Waals surface area contributed by atoms with E-state index in [-0.39, 0.29) is 0 Å². The number of nitrogens with zero attached hydrogens (tertiary/aromatic N) is 2. The first-order valence-electron chi connectivity index (χ1n) is 3.22. The molecule has 0 amide bonds. The lowest BCUT2D eigenvalue weighted by molar-refractivity contribution is 0.750. The molecule has 0 saturated carbocycles. The molecule has 0 aromatic carbocycles. The van der Waals surface area contributed by atoms with Crippen molar-refractivity contribution in [3.05, 3.63) is 16.9 Å². The Labute approximate surface area is 54.5 Å². The molecular weight excluding hydrogens is 156 g/mol. The number of hydrogen-bond donors (Lipinski definition) is 0. The Morgan fingerprint density at radius 2 is 3.00 bits per heavy atom. The normalized spacial score (nSPS) is 17.6. The summed E-state index contributed by atoms with van der Waals surface area (Å²) >= 11 is 3.04. The molecule has 0 aliphatic heterocycles. The Balaban J connectivity index is 3.05. The highest BCUT2D eigenvalue weighted by atomic mass is 79.9. The molecular formula is C4H5BrN2. The second-order valence-electron chi connectivity index (χ2n) is 1.07. The van der Waals surface area contributed by atoms with Crippen LogP contribution in [0.5, 0.6) is 0 Å². The number of aryl methyl sites for hydroxylation is 1. The van der Waals surface area contributed by atoms with Crippen LogP contribution in [0.15, 0.2) is 16.9 Å². The lowest BCUT2D eigenvalue weighted by Crippen LogP contribution is -1.87. The molecule has 0 unspecified atom stereocenters. The van der Waals surface area contributed by atoms with Gasteiger partial charge in [0.15, 0.2) is 0 Å². The molecule has 1 rings (SSSR count). The summed E-state index contributed by atoms with van der Waals surface area (Å²) in [6.45, 7) is -2.18. The van der Waals surface area contributed by atoms with Crippen molar-refractivity contribution >= 4 is 15.9 Å². The van der Waals surface area contributed by atoms with Crippen LogP contribution in [0.25, 0.3) is 0 Å². The zero-order valence-corrected chi connectivity index (χ0v) is 5.01. The van der Waals surface area contributed by atoms with E-state index in [1.807, 2.05) is 0 Å². The van der Waals surface area contributed by atoms with Gasteiger partial charge in [-0.2, -0.15) is 5.10 Å². The number of hydrogen-bond acceptors (Lipinski definition) is 1. The molecule has 0 aliphatic carbocycles. The van der Waals surface area contributed by atoms with Crippen molar-refractivity contribution in [1.29, 1.82) is 0 Å². The van der Waals surface area contributed by atoms with Crippen molar-refractivity contribution in [2.24, 2.45) is 6.98 Å². The van der Waals surface area contributed by atoms with Gasteiger partial charge < -0.3 is 0 Å². The van der Waals surface area contributed by atoms with Gasteiger partial charge in [-0.25, -0.2) is 0 Å². The minimum atomic E-state index is -2.18. The lowest BCUT2D eigenvalue weighted by Gasteiger charge is -1.85. The highest BCUT2D eigenvalue weighted by molar-refractivity contribution is 9.10. The third-order valence-corrected chi connectivity index (χ3v) is 1.20. The van der Waals surface area contributed by atoms with Gasteiger partial charge in [0.1, 0.15) is 4.60 Å². The maximum atomic E-state index is 6.93. The third kappa shape index (κ3) is 0.825. The monoisotopic (exact) mass is 163 g/mol. The summed E-state index contributed by atoms with van der Waals surface area (Å²) in [7, 11) is 0. The van der Waals surface area contributed by atoms with Crippen LogP contribution >= 0.6 is 15.9 Å². The van der Waals surface area contributed by atoms with Gasteiger partial charge in [-0.05, 0) is 22.0 Å². The summed E-state index contributed by atoms with van der Waals surface area (Å²) in [4.78, 5) is 0. The molecule has 38 valence electrons. The molecule has 1 aromatic rings. The van der Waals surface area contributed by atoms with Crippen LogP contribution < -0.4 is 0 Å². The van der Waals surface area contributed by atoms with Gasteiger partial charge in [0.2, 0.25) is 0 Å². The van der Waals surface area contributed by atoms with E-state index in [1.54, 1.807) is 6.07 Å². The average molecular weight is 164 g/mol.